The summed E-state index contributed by atoms with van der Waals surface area (Å²) in [5.41, 5.74) is 4.15. The Kier molecular flexibility index (Phi) is 5.70. The molecule has 6 heteroatoms. The molecule has 1 saturated heterocycles. The number of amides is 1. The number of rotatable bonds is 5. The molecule has 1 fully saturated rings. The molecule has 3 rings (SSSR count). The number of nitrogens with zero attached hydrogens (tertiary/aromatic N) is 1. The molecule has 0 unspecified atom stereocenters. The Balaban J connectivity index is 1.91. The van der Waals surface area contributed by atoms with Crippen LogP contribution in [0, 0.1) is 13.8 Å². The fourth-order valence-corrected chi connectivity index (χ4v) is 3.44. The minimum atomic E-state index is -0.184. The average molecular weight is 397 g/mol. The number of benzene rings is 2. The van der Waals surface area contributed by atoms with Crippen molar-refractivity contribution in [3.63, 3.8) is 0 Å². The first-order valence-corrected chi connectivity index (χ1v) is 9.49. The highest BCUT2D eigenvalue weighted by Crippen LogP contribution is 2.31. The summed E-state index contributed by atoms with van der Waals surface area (Å²) in [6, 6.07) is 11.5. The molecule has 5 nitrogen and oxygen atoms in total. The first-order chi connectivity index (χ1) is 13.3. The number of thiocarbonyl (C=S) groups is 1. The zero-order valence-corrected chi connectivity index (χ0v) is 17.5. The zero-order valence-electron chi connectivity index (χ0n) is 16.7. The van der Waals surface area contributed by atoms with Crippen molar-refractivity contribution < 1.29 is 14.3 Å². The second-order valence-corrected chi connectivity index (χ2v) is 7.44. The van der Waals surface area contributed by atoms with E-state index in [9.17, 15) is 4.79 Å². The number of carbonyl (C=O) groups excluding carboxylic acids is 1. The number of anilines is 1. The molecule has 0 radical (unpaired) electrons. The monoisotopic (exact) mass is 396 g/mol. The third-order valence-electron chi connectivity index (χ3n) is 4.20. The lowest BCUT2D eigenvalue weighted by Crippen LogP contribution is -2.30. The van der Waals surface area contributed by atoms with Gasteiger partial charge in [-0.15, -0.1) is 0 Å². The lowest BCUT2D eigenvalue weighted by Gasteiger charge is -2.15. The van der Waals surface area contributed by atoms with Crippen LogP contribution in [-0.2, 0) is 4.79 Å². The maximum Gasteiger partial charge on any atom is 0.281 e. The Bertz CT molecular complexity index is 946. The lowest BCUT2D eigenvalue weighted by molar-refractivity contribution is -0.113. The van der Waals surface area contributed by atoms with Crippen molar-refractivity contribution in [3.8, 4) is 11.5 Å². The van der Waals surface area contributed by atoms with Crippen LogP contribution >= 0.6 is 12.2 Å². The fraction of sp³-hybridized carbons (Fsp3) is 0.273. The molecule has 1 aliphatic heterocycles. The van der Waals surface area contributed by atoms with Gasteiger partial charge in [-0.2, -0.15) is 0 Å². The molecule has 2 aromatic carbocycles. The van der Waals surface area contributed by atoms with Crippen LogP contribution in [0.15, 0.2) is 42.1 Å². The van der Waals surface area contributed by atoms with Gasteiger partial charge in [0, 0.05) is 0 Å². The third-order valence-corrected chi connectivity index (χ3v) is 4.49. The highest BCUT2D eigenvalue weighted by atomic mass is 32.1. The molecule has 28 heavy (non-hydrogen) atoms. The van der Waals surface area contributed by atoms with Gasteiger partial charge in [-0.25, -0.2) is 0 Å². The van der Waals surface area contributed by atoms with E-state index >= 15 is 0 Å². The number of ether oxygens (including phenoxy) is 2. The van der Waals surface area contributed by atoms with Crippen LogP contribution in [0.25, 0.3) is 6.08 Å². The molecule has 0 saturated carbocycles. The van der Waals surface area contributed by atoms with E-state index in [1.807, 2.05) is 58.0 Å². The summed E-state index contributed by atoms with van der Waals surface area (Å²) in [4.78, 5) is 14.5. The van der Waals surface area contributed by atoms with Gasteiger partial charge in [0.15, 0.2) is 16.6 Å². The summed E-state index contributed by atoms with van der Waals surface area (Å²) < 4.78 is 11.2. The molecule has 2 aromatic rings. The van der Waals surface area contributed by atoms with E-state index in [-0.39, 0.29) is 12.0 Å². The second kappa shape index (κ2) is 8.02. The molecule has 146 valence electrons. The van der Waals surface area contributed by atoms with Crippen LogP contribution in [-0.4, -0.2) is 24.2 Å². The SMILES string of the molecule is COc1cc(/C=C2\NC(=S)N(c3cc(C)cc(C)c3)C2=O)ccc1OC(C)C. The van der Waals surface area contributed by atoms with Gasteiger partial charge in [-0.3, -0.25) is 9.69 Å². The molecule has 1 amide bonds. The van der Waals surface area contributed by atoms with Gasteiger partial charge in [0.25, 0.3) is 5.91 Å². The van der Waals surface area contributed by atoms with Crippen molar-refractivity contribution in [2.24, 2.45) is 0 Å². The number of methoxy groups -OCH3 is 1. The Morgan fingerprint density at radius 3 is 2.36 bits per heavy atom. The molecule has 1 heterocycles. The molecule has 0 aromatic heterocycles. The first kappa shape index (κ1) is 19.9. The van der Waals surface area contributed by atoms with Crippen LogP contribution in [0.3, 0.4) is 0 Å². The van der Waals surface area contributed by atoms with E-state index < -0.39 is 0 Å². The number of hydrogen-bond donors (Lipinski definition) is 1. The maximum absolute atomic E-state index is 13.0. The molecular weight excluding hydrogens is 372 g/mol. The Labute approximate surface area is 170 Å². The van der Waals surface area contributed by atoms with Crippen molar-refractivity contribution >= 4 is 35.0 Å². The molecule has 1 N–H and O–H groups in total. The van der Waals surface area contributed by atoms with Gasteiger partial charge in [0.2, 0.25) is 0 Å². The molecular formula is C22H24N2O3S. The summed E-state index contributed by atoms with van der Waals surface area (Å²) in [6.07, 6.45) is 1.80. The summed E-state index contributed by atoms with van der Waals surface area (Å²) in [5, 5.41) is 3.39. The minimum Gasteiger partial charge on any atom is -0.493 e. The van der Waals surface area contributed by atoms with E-state index in [0.29, 0.717) is 22.3 Å². The minimum absolute atomic E-state index is 0.0416. The molecule has 1 aliphatic rings. The number of nitrogens with one attached hydrogen (secondary N) is 1. The quantitative estimate of drug-likeness (QED) is 0.601. The Hall–Kier alpha value is -2.86. The maximum atomic E-state index is 13.0. The standard InChI is InChI=1S/C22H24N2O3S/c1-13(2)27-19-7-6-16(12-20(19)26-5)11-18-21(25)24(22(28)23-18)17-9-14(3)8-15(4)10-17/h6-13H,1-5H3,(H,23,28)/b18-11-. The summed E-state index contributed by atoms with van der Waals surface area (Å²) in [6.45, 7) is 7.91. The van der Waals surface area contributed by atoms with Gasteiger partial charge < -0.3 is 14.8 Å². The number of hydrogen-bond acceptors (Lipinski definition) is 4. The van der Waals surface area contributed by atoms with Crippen LogP contribution < -0.4 is 19.7 Å². The highest BCUT2D eigenvalue weighted by molar-refractivity contribution is 7.80. The van der Waals surface area contributed by atoms with Crippen molar-refractivity contribution in [3.05, 3.63) is 58.8 Å². The Morgan fingerprint density at radius 2 is 1.75 bits per heavy atom. The summed E-state index contributed by atoms with van der Waals surface area (Å²) in [7, 11) is 1.59. The zero-order chi connectivity index (χ0) is 20.4. The van der Waals surface area contributed by atoms with Crippen molar-refractivity contribution in [1.29, 1.82) is 0 Å². The normalized spacial score (nSPS) is 15.4. The molecule has 0 aliphatic carbocycles. The number of carbonyl (C=O) groups is 1. The predicted molar refractivity (Wildman–Crippen MR) is 116 cm³/mol. The Morgan fingerprint density at radius 1 is 1.07 bits per heavy atom. The number of aryl methyl sites for hydroxylation is 2. The van der Waals surface area contributed by atoms with Crippen LogP contribution in [0.5, 0.6) is 11.5 Å². The molecule has 0 bridgehead atoms. The van der Waals surface area contributed by atoms with Crippen LogP contribution in [0.2, 0.25) is 0 Å². The second-order valence-electron chi connectivity index (χ2n) is 7.05. The van der Waals surface area contributed by atoms with Crippen molar-refractivity contribution in [2.75, 3.05) is 12.0 Å². The summed E-state index contributed by atoms with van der Waals surface area (Å²) >= 11 is 5.40. The van der Waals surface area contributed by atoms with Crippen molar-refractivity contribution in [1.82, 2.24) is 5.32 Å². The van der Waals surface area contributed by atoms with Gasteiger partial charge in [0.1, 0.15) is 5.70 Å². The summed E-state index contributed by atoms with van der Waals surface area (Å²) in [5.74, 6) is 1.09. The first-order valence-electron chi connectivity index (χ1n) is 9.08. The molecule has 0 atom stereocenters. The topological polar surface area (TPSA) is 50.8 Å². The van der Waals surface area contributed by atoms with E-state index in [1.54, 1.807) is 13.2 Å². The van der Waals surface area contributed by atoms with Gasteiger partial charge in [-0.1, -0.05) is 12.1 Å². The fourth-order valence-electron chi connectivity index (χ4n) is 3.14. The predicted octanol–water partition coefficient (Wildman–Crippen LogP) is 4.36. The lowest BCUT2D eigenvalue weighted by atomic mass is 10.1. The third kappa shape index (κ3) is 4.17. The smallest absolute Gasteiger partial charge is 0.281 e. The van der Waals surface area contributed by atoms with Crippen LogP contribution in [0.4, 0.5) is 5.69 Å². The van der Waals surface area contributed by atoms with E-state index in [0.717, 1.165) is 22.4 Å². The van der Waals surface area contributed by atoms with Gasteiger partial charge >= 0.3 is 0 Å². The largest absolute Gasteiger partial charge is 0.493 e. The van der Waals surface area contributed by atoms with E-state index in [2.05, 4.69) is 11.4 Å². The highest BCUT2D eigenvalue weighted by Gasteiger charge is 2.32. The van der Waals surface area contributed by atoms with E-state index in [4.69, 9.17) is 21.7 Å². The van der Waals surface area contributed by atoms with Gasteiger partial charge in [-0.05, 0) is 86.9 Å². The molecule has 0 spiro atoms. The van der Waals surface area contributed by atoms with Gasteiger partial charge in [0.05, 0.1) is 18.9 Å². The van der Waals surface area contributed by atoms with Crippen molar-refractivity contribution in [2.45, 2.75) is 33.8 Å². The average Bonchev–Trinajstić information content (AvgIpc) is 2.88. The van der Waals surface area contributed by atoms with Crippen LogP contribution in [0.1, 0.15) is 30.5 Å². The van der Waals surface area contributed by atoms with E-state index in [1.165, 1.54) is 4.90 Å².